The number of nitrogens with one attached hydrogen (secondary N) is 2. The summed E-state index contributed by atoms with van der Waals surface area (Å²) in [6, 6.07) is 7.62. The fraction of sp³-hybridized carbons (Fsp3) is 0.294. The minimum atomic E-state index is -4.84. The van der Waals surface area contributed by atoms with Gasteiger partial charge < -0.3 is 5.32 Å². The first-order valence-corrected chi connectivity index (χ1v) is 9.75. The van der Waals surface area contributed by atoms with Crippen LogP contribution >= 0.6 is 11.6 Å². The molecule has 140 valence electrons. The highest BCUT2D eigenvalue weighted by Crippen LogP contribution is 2.36. The van der Waals surface area contributed by atoms with Gasteiger partial charge in [-0.25, -0.2) is 8.42 Å². The van der Waals surface area contributed by atoms with Crippen molar-refractivity contribution in [3.05, 3.63) is 58.1 Å². The number of hydrogen-bond acceptors (Lipinski definition) is 3. The standard InChI is InChI=1S/C17H16ClF3N2O2S/c18-13-2-4-16(15(10-13)17(19,20)21)26(24,25)23-14-3-1-11-5-7-22-8-6-12(11)9-14/h1-4,9-10,22-23H,5-8H2. The van der Waals surface area contributed by atoms with Crippen molar-refractivity contribution >= 4 is 27.3 Å². The van der Waals surface area contributed by atoms with Gasteiger partial charge in [-0.1, -0.05) is 17.7 Å². The second-order valence-corrected chi connectivity index (χ2v) is 8.06. The molecule has 0 saturated carbocycles. The van der Waals surface area contributed by atoms with Gasteiger partial charge in [0.05, 0.1) is 10.5 Å². The maximum Gasteiger partial charge on any atom is 0.417 e. The molecule has 2 N–H and O–H groups in total. The number of hydrogen-bond donors (Lipinski definition) is 2. The van der Waals surface area contributed by atoms with E-state index in [1.807, 2.05) is 0 Å². The van der Waals surface area contributed by atoms with Gasteiger partial charge in [-0.05, 0) is 67.4 Å². The van der Waals surface area contributed by atoms with Crippen LogP contribution < -0.4 is 10.0 Å². The number of alkyl halides is 3. The molecular formula is C17H16ClF3N2O2S. The molecule has 0 atom stereocenters. The van der Waals surface area contributed by atoms with Gasteiger partial charge in [-0.3, -0.25) is 4.72 Å². The van der Waals surface area contributed by atoms with E-state index in [9.17, 15) is 21.6 Å². The summed E-state index contributed by atoms with van der Waals surface area (Å²) in [5.41, 5.74) is 1.01. The Labute approximate surface area is 154 Å². The van der Waals surface area contributed by atoms with Crippen LogP contribution in [-0.4, -0.2) is 21.5 Å². The Bertz CT molecular complexity index is 930. The van der Waals surface area contributed by atoms with Crippen molar-refractivity contribution in [1.82, 2.24) is 5.32 Å². The summed E-state index contributed by atoms with van der Waals surface area (Å²) in [5.74, 6) is 0. The zero-order valence-corrected chi connectivity index (χ0v) is 15.1. The molecule has 0 saturated heterocycles. The summed E-state index contributed by atoms with van der Waals surface area (Å²) in [7, 11) is -4.42. The Morgan fingerprint density at radius 3 is 2.38 bits per heavy atom. The summed E-state index contributed by atoms with van der Waals surface area (Å²) in [6.45, 7) is 1.59. The summed E-state index contributed by atoms with van der Waals surface area (Å²) >= 11 is 5.61. The van der Waals surface area contributed by atoms with Crippen molar-refractivity contribution in [2.45, 2.75) is 23.9 Å². The lowest BCUT2D eigenvalue weighted by atomic mass is 10.0. The second-order valence-electron chi connectivity index (χ2n) is 5.98. The van der Waals surface area contributed by atoms with E-state index in [2.05, 4.69) is 10.0 Å². The average Bonchev–Trinajstić information content (AvgIpc) is 2.78. The molecular weight excluding hydrogens is 389 g/mol. The highest BCUT2D eigenvalue weighted by atomic mass is 35.5. The van der Waals surface area contributed by atoms with Crippen LogP contribution in [0.2, 0.25) is 5.02 Å². The van der Waals surface area contributed by atoms with E-state index < -0.39 is 26.7 Å². The van der Waals surface area contributed by atoms with E-state index in [4.69, 9.17) is 11.6 Å². The Morgan fingerprint density at radius 1 is 1.00 bits per heavy atom. The predicted molar refractivity (Wildman–Crippen MR) is 94.0 cm³/mol. The molecule has 2 aromatic carbocycles. The molecule has 26 heavy (non-hydrogen) atoms. The van der Waals surface area contributed by atoms with Gasteiger partial charge in [0, 0.05) is 10.7 Å². The van der Waals surface area contributed by atoms with Crippen molar-refractivity contribution in [2.75, 3.05) is 17.8 Å². The first-order chi connectivity index (χ1) is 12.2. The van der Waals surface area contributed by atoms with Crippen LogP contribution in [-0.2, 0) is 29.0 Å². The minimum Gasteiger partial charge on any atom is -0.316 e. The van der Waals surface area contributed by atoms with Crippen LogP contribution in [0.25, 0.3) is 0 Å². The molecule has 0 spiro atoms. The van der Waals surface area contributed by atoms with E-state index in [1.54, 1.807) is 18.2 Å². The third-order valence-electron chi connectivity index (χ3n) is 4.14. The van der Waals surface area contributed by atoms with E-state index >= 15 is 0 Å². The van der Waals surface area contributed by atoms with Gasteiger partial charge in [0.25, 0.3) is 10.0 Å². The molecule has 1 aliphatic heterocycles. The molecule has 0 aliphatic carbocycles. The maximum atomic E-state index is 13.2. The van der Waals surface area contributed by atoms with Gasteiger partial charge in [0.2, 0.25) is 0 Å². The number of anilines is 1. The van der Waals surface area contributed by atoms with Gasteiger partial charge in [-0.15, -0.1) is 0 Å². The maximum absolute atomic E-state index is 13.2. The van der Waals surface area contributed by atoms with Crippen LogP contribution in [0.1, 0.15) is 16.7 Å². The molecule has 2 aromatic rings. The molecule has 0 amide bonds. The Morgan fingerprint density at radius 2 is 1.69 bits per heavy atom. The molecule has 0 radical (unpaired) electrons. The number of sulfonamides is 1. The predicted octanol–water partition coefficient (Wildman–Crippen LogP) is 3.85. The summed E-state index contributed by atoms with van der Waals surface area (Å²) < 4.78 is 67.0. The lowest BCUT2D eigenvalue weighted by molar-refractivity contribution is -0.139. The monoisotopic (exact) mass is 404 g/mol. The first kappa shape index (κ1) is 19.0. The van der Waals surface area contributed by atoms with E-state index in [0.29, 0.717) is 6.07 Å². The molecule has 9 heteroatoms. The number of fused-ring (bicyclic) bond motifs is 1. The largest absolute Gasteiger partial charge is 0.417 e. The molecule has 0 fully saturated rings. The van der Waals surface area contributed by atoms with Gasteiger partial charge in [0.15, 0.2) is 0 Å². The van der Waals surface area contributed by atoms with Crippen molar-refractivity contribution in [2.24, 2.45) is 0 Å². The highest BCUT2D eigenvalue weighted by Gasteiger charge is 2.37. The van der Waals surface area contributed by atoms with Crippen molar-refractivity contribution in [3.63, 3.8) is 0 Å². The van der Waals surface area contributed by atoms with Crippen LogP contribution in [0.15, 0.2) is 41.3 Å². The van der Waals surface area contributed by atoms with E-state index in [0.717, 1.165) is 49.2 Å². The molecule has 0 aromatic heterocycles. The minimum absolute atomic E-state index is 0.186. The lowest BCUT2D eigenvalue weighted by Crippen LogP contribution is -2.19. The zero-order valence-electron chi connectivity index (χ0n) is 13.5. The third kappa shape index (κ3) is 4.13. The average molecular weight is 405 g/mol. The fourth-order valence-electron chi connectivity index (χ4n) is 2.91. The normalized spacial score (nSPS) is 15.2. The van der Waals surface area contributed by atoms with Crippen molar-refractivity contribution < 1.29 is 21.6 Å². The Kier molecular flexibility index (Phi) is 5.18. The second kappa shape index (κ2) is 7.09. The summed E-state index contributed by atoms with van der Waals surface area (Å²) in [4.78, 5) is -0.856. The van der Waals surface area contributed by atoms with Crippen LogP contribution in [0.3, 0.4) is 0 Å². The Hall–Kier alpha value is -1.77. The van der Waals surface area contributed by atoms with Crippen LogP contribution in [0.5, 0.6) is 0 Å². The molecule has 1 aliphatic rings. The summed E-state index contributed by atoms with van der Waals surface area (Å²) in [5, 5.41) is 3.05. The fourth-order valence-corrected chi connectivity index (χ4v) is 4.34. The van der Waals surface area contributed by atoms with Crippen LogP contribution in [0.4, 0.5) is 18.9 Å². The number of rotatable bonds is 3. The molecule has 0 unspecified atom stereocenters. The molecule has 3 rings (SSSR count). The topological polar surface area (TPSA) is 58.2 Å². The van der Waals surface area contributed by atoms with Gasteiger partial charge in [0.1, 0.15) is 0 Å². The van der Waals surface area contributed by atoms with Gasteiger partial charge in [-0.2, -0.15) is 13.2 Å². The molecule has 4 nitrogen and oxygen atoms in total. The third-order valence-corrected chi connectivity index (χ3v) is 5.81. The molecule has 0 bridgehead atoms. The quantitative estimate of drug-likeness (QED) is 0.817. The van der Waals surface area contributed by atoms with E-state index in [1.165, 1.54) is 0 Å². The lowest BCUT2D eigenvalue weighted by Gasteiger charge is -2.16. The van der Waals surface area contributed by atoms with Crippen molar-refractivity contribution in [3.8, 4) is 0 Å². The van der Waals surface area contributed by atoms with E-state index in [-0.39, 0.29) is 10.7 Å². The summed E-state index contributed by atoms with van der Waals surface area (Å²) in [6.07, 6.45) is -3.30. The smallest absolute Gasteiger partial charge is 0.316 e. The number of halogens is 4. The number of benzene rings is 2. The SMILES string of the molecule is O=S(=O)(Nc1ccc2c(c1)CCNCC2)c1ccc(Cl)cc1C(F)(F)F. The zero-order chi connectivity index (χ0) is 18.9. The highest BCUT2D eigenvalue weighted by molar-refractivity contribution is 7.92. The molecule has 1 heterocycles. The van der Waals surface area contributed by atoms with Crippen LogP contribution in [0, 0.1) is 0 Å². The van der Waals surface area contributed by atoms with Gasteiger partial charge >= 0.3 is 6.18 Å². The van der Waals surface area contributed by atoms with Crippen molar-refractivity contribution in [1.29, 1.82) is 0 Å². The first-order valence-electron chi connectivity index (χ1n) is 7.89. The Balaban J connectivity index is 1.97.